The molecule has 0 heterocycles. The molecule has 0 unspecified atom stereocenters. The Morgan fingerprint density at radius 2 is 1.71 bits per heavy atom. The van der Waals surface area contributed by atoms with Gasteiger partial charge < -0.3 is 18.9 Å². The van der Waals surface area contributed by atoms with Gasteiger partial charge in [-0.2, -0.15) is 0 Å². The summed E-state index contributed by atoms with van der Waals surface area (Å²) in [4.78, 5) is 3.19. The van der Waals surface area contributed by atoms with Gasteiger partial charge in [0.15, 0.2) is 0 Å². The molecule has 52 valence electrons. The van der Waals surface area contributed by atoms with Crippen LogP contribution in [0.25, 0.3) is 0 Å². The second-order valence-electron chi connectivity index (χ2n) is 0.241. The van der Waals surface area contributed by atoms with Crippen LogP contribution in [0.15, 0.2) is 6.26 Å². The summed E-state index contributed by atoms with van der Waals surface area (Å²) >= 11 is 0. The van der Waals surface area contributed by atoms with Crippen LogP contribution >= 0.6 is 0 Å². The minimum atomic E-state index is 0. The zero-order valence-electron chi connectivity index (χ0n) is 4.64. The van der Waals surface area contributed by atoms with Crippen LogP contribution < -0.4 is 0 Å². The normalized spacial score (nSPS) is 3.00. The van der Waals surface area contributed by atoms with Gasteiger partial charge in [-0.15, -0.1) is 0 Å². The van der Waals surface area contributed by atoms with E-state index < -0.39 is 0 Å². The fourth-order valence-electron chi connectivity index (χ4n) is 0. The Kier molecular flexibility index (Phi) is 102. The molecule has 0 fully saturated rings. The molecule has 0 amide bonds. The zero-order chi connectivity index (χ0) is 3.41. The van der Waals surface area contributed by atoms with E-state index in [0.29, 0.717) is 6.26 Å². The van der Waals surface area contributed by atoms with Gasteiger partial charge in [-0.3, -0.25) is 0 Å². The third kappa shape index (κ3) is 46.4. The van der Waals surface area contributed by atoms with Crippen molar-refractivity contribution >= 4 is 0 Å². The molecule has 0 aromatic carbocycles. The Bertz CT molecular complexity index is 29.2. The number of hydrogen-bond acceptors (Lipinski definition) is 2. The van der Waals surface area contributed by atoms with Crippen molar-refractivity contribution in [3.63, 3.8) is 0 Å². The second-order valence-corrected chi connectivity index (χ2v) is 0.241. The van der Waals surface area contributed by atoms with Gasteiger partial charge in [-0.25, -0.2) is 5.26 Å². The van der Waals surface area contributed by atoms with E-state index >= 15 is 0 Å². The van der Waals surface area contributed by atoms with Gasteiger partial charge in [0, 0.05) is 42.1 Å². The first kappa shape index (κ1) is 24.8. The molecule has 0 rings (SSSR count). The number of rotatable bonds is 1. The molecule has 0 atom stereocenters. The molecule has 7 heavy (non-hydrogen) atoms. The van der Waals surface area contributed by atoms with Crippen LogP contribution in [0, 0.1) is 14.0 Å². The second kappa shape index (κ2) is 28.7. The predicted molar refractivity (Wildman–Crippen MR) is 20.1 cm³/mol. The standard InChI is InChI=1S/C2H3O2.CH3.2Pt/c1-2-4-3;;;/h1-3H;1H3;;/q2*-1;;/p+1. The van der Waals surface area contributed by atoms with E-state index in [0.717, 1.165) is 0 Å². The first-order valence-electron chi connectivity index (χ1n) is 0.752. The van der Waals surface area contributed by atoms with E-state index in [-0.39, 0.29) is 51.0 Å². The first-order chi connectivity index (χ1) is 1.91. The Balaban J connectivity index is -0.00000000750. The summed E-state index contributed by atoms with van der Waals surface area (Å²) in [5.41, 5.74) is 0. The van der Waals surface area contributed by atoms with Gasteiger partial charge in [0.1, 0.15) is 0 Å². The first-order valence-corrected chi connectivity index (χ1v) is 0.752. The summed E-state index contributed by atoms with van der Waals surface area (Å²) in [6.07, 6.45) is 0.681. The van der Waals surface area contributed by atoms with E-state index in [2.05, 4.69) is 11.5 Å². The minimum absolute atomic E-state index is 0. The van der Waals surface area contributed by atoms with Crippen molar-refractivity contribution in [1.82, 2.24) is 0 Å². The summed E-state index contributed by atoms with van der Waals surface area (Å²) in [6.45, 7) is 4.43. The maximum Gasteiger partial charge on any atom is 1.00 e. The average Bonchev–Trinajstić information content (AvgIpc) is 1.37. The molecule has 0 aromatic heterocycles. The summed E-state index contributed by atoms with van der Waals surface area (Å²) in [7, 11) is 0. The van der Waals surface area contributed by atoms with Gasteiger partial charge in [-0.1, -0.05) is 6.26 Å². The molecule has 2 nitrogen and oxygen atoms in total. The maximum atomic E-state index is 7.19. The van der Waals surface area contributed by atoms with E-state index in [1.54, 1.807) is 0 Å². The maximum absolute atomic E-state index is 7.19. The smallest absolute Gasteiger partial charge is 0.473 e. The summed E-state index contributed by atoms with van der Waals surface area (Å²) in [6, 6.07) is 0. The molecule has 0 saturated carbocycles. The predicted octanol–water partition coefficient (Wildman–Crippen LogP) is 0.980. The van der Waals surface area contributed by atoms with Crippen molar-refractivity contribution in [3.05, 3.63) is 20.3 Å². The van der Waals surface area contributed by atoms with Crippen molar-refractivity contribution in [2.24, 2.45) is 0 Å². The van der Waals surface area contributed by atoms with Gasteiger partial charge in [0.2, 0.25) is 0 Å². The third-order valence-electron chi connectivity index (χ3n) is 0.0609. The molecule has 0 bridgehead atoms. The van der Waals surface area contributed by atoms with E-state index in [1.807, 2.05) is 0 Å². The zero-order valence-corrected chi connectivity index (χ0v) is 8.19. The molecule has 1 N–H and O–H groups in total. The largest absolute Gasteiger partial charge is 1.00 e. The summed E-state index contributed by atoms with van der Waals surface area (Å²) in [5.74, 6) is 0. The summed E-state index contributed by atoms with van der Waals surface area (Å²) < 4.78 is 0. The van der Waals surface area contributed by atoms with Crippen LogP contribution in [0.3, 0.4) is 0 Å². The van der Waals surface area contributed by atoms with E-state index in [4.69, 9.17) is 5.26 Å². The summed E-state index contributed by atoms with van der Waals surface area (Å²) in [5, 5.41) is 7.19. The van der Waals surface area contributed by atoms with Crippen LogP contribution in [0.1, 0.15) is 1.43 Å². The topological polar surface area (TPSA) is 29.5 Å². The molecule has 0 aromatic rings. The Morgan fingerprint density at radius 3 is 1.71 bits per heavy atom. The van der Waals surface area contributed by atoms with Crippen LogP contribution in [-0.4, -0.2) is 5.26 Å². The SMILES string of the molecule is [CH-]=COO.[CH3-].[H+].[Pt].[Pt]. The van der Waals surface area contributed by atoms with Gasteiger partial charge in [-0.05, 0) is 0 Å². The van der Waals surface area contributed by atoms with Crippen molar-refractivity contribution in [1.29, 1.82) is 0 Å². The monoisotopic (exact) mass is 465 g/mol. The van der Waals surface area contributed by atoms with Crippen LogP contribution in [0.4, 0.5) is 0 Å². The van der Waals surface area contributed by atoms with Crippen molar-refractivity contribution in [2.75, 3.05) is 0 Å². The fraction of sp³-hybridized carbons (Fsp3) is 0. The molecular formula is C3H7O2Pt2-. The molecule has 0 spiro atoms. The molecule has 0 radical (unpaired) electrons. The molecular weight excluding hydrogens is 458 g/mol. The Morgan fingerprint density at radius 1 is 1.57 bits per heavy atom. The quantitative estimate of drug-likeness (QED) is 0.271. The molecule has 4 heteroatoms. The van der Waals surface area contributed by atoms with Gasteiger partial charge >= 0.3 is 1.43 Å². The van der Waals surface area contributed by atoms with Gasteiger partial charge in [0.25, 0.3) is 0 Å². The molecule has 0 aliphatic rings. The van der Waals surface area contributed by atoms with Gasteiger partial charge in [0.05, 0.1) is 0 Å². The van der Waals surface area contributed by atoms with Crippen LogP contribution in [-0.2, 0) is 47.0 Å². The van der Waals surface area contributed by atoms with Crippen molar-refractivity contribution in [3.8, 4) is 0 Å². The molecule has 0 aliphatic heterocycles. The van der Waals surface area contributed by atoms with Crippen LogP contribution in [0.2, 0.25) is 0 Å². The average molecular weight is 465 g/mol. The van der Waals surface area contributed by atoms with E-state index in [9.17, 15) is 0 Å². The molecule has 0 saturated heterocycles. The van der Waals surface area contributed by atoms with Crippen LogP contribution in [0.5, 0.6) is 0 Å². The minimum Gasteiger partial charge on any atom is -0.473 e. The fourth-order valence-corrected chi connectivity index (χ4v) is 0. The van der Waals surface area contributed by atoms with Crippen molar-refractivity contribution < 1.29 is 53.7 Å². The molecule has 0 aliphatic carbocycles. The third-order valence-corrected chi connectivity index (χ3v) is 0.0609. The number of hydrogen-bond donors (Lipinski definition) is 1. The van der Waals surface area contributed by atoms with E-state index in [1.165, 1.54) is 0 Å². The van der Waals surface area contributed by atoms with Crippen molar-refractivity contribution in [2.45, 2.75) is 0 Å². The Labute approximate surface area is 73.9 Å². The Hall–Kier alpha value is 0.877.